The van der Waals surface area contributed by atoms with Gasteiger partial charge in [-0.1, -0.05) is 47.6 Å². The number of aliphatic hydroxyl groups is 5. The maximum Gasteiger partial charge on any atom is 0.145 e. The van der Waals surface area contributed by atoms with Crippen molar-refractivity contribution in [1.82, 2.24) is 0 Å². The van der Waals surface area contributed by atoms with E-state index in [1.54, 1.807) is 13.8 Å². The van der Waals surface area contributed by atoms with E-state index >= 15 is 0 Å². The molecule has 6 nitrogen and oxygen atoms in total. The molecular formula is C33H52O6. The van der Waals surface area contributed by atoms with E-state index in [2.05, 4.69) is 26.5 Å². The molecule has 39 heavy (non-hydrogen) atoms. The lowest BCUT2D eigenvalue weighted by atomic mass is 9.49. The lowest BCUT2D eigenvalue weighted by Crippen LogP contribution is -2.61. The van der Waals surface area contributed by atoms with Gasteiger partial charge in [-0.25, -0.2) is 0 Å². The van der Waals surface area contributed by atoms with Gasteiger partial charge < -0.3 is 25.5 Å². The fourth-order valence-corrected chi connectivity index (χ4v) is 7.33. The van der Waals surface area contributed by atoms with Gasteiger partial charge in [0.05, 0.1) is 18.3 Å². The van der Waals surface area contributed by atoms with Gasteiger partial charge in [-0.15, -0.1) is 0 Å². The Morgan fingerprint density at radius 2 is 1.77 bits per heavy atom. The first-order valence-electron chi connectivity index (χ1n) is 14.6. The van der Waals surface area contributed by atoms with Gasteiger partial charge in [-0.05, 0) is 108 Å². The summed E-state index contributed by atoms with van der Waals surface area (Å²) in [6, 6.07) is 0. The van der Waals surface area contributed by atoms with Gasteiger partial charge in [0.15, 0.2) is 0 Å². The largest absolute Gasteiger partial charge is 0.396 e. The first kappa shape index (κ1) is 33.4. The zero-order valence-corrected chi connectivity index (χ0v) is 24.5. The second kappa shape index (κ2) is 15.2. The molecule has 0 amide bonds. The van der Waals surface area contributed by atoms with Gasteiger partial charge >= 0.3 is 0 Å². The molecule has 0 bridgehead atoms. The number of hydrogen-bond donors (Lipinski definition) is 5. The van der Waals surface area contributed by atoms with Gasteiger partial charge in [0.25, 0.3) is 0 Å². The molecule has 0 aromatic rings. The Morgan fingerprint density at radius 1 is 1.10 bits per heavy atom. The SMILES string of the molecule is C=C(/C=C\C=C(\CO)[C@H]1CC[C@@]2([C@H](CCCO)/C(=C(\C)C=O)[C@H](CCCO)C[C@@]2(C)O)[C@@H]1O)CCC=C(C)C. The van der Waals surface area contributed by atoms with Crippen LogP contribution >= 0.6 is 0 Å². The molecule has 0 unspecified atom stereocenters. The molecule has 2 fully saturated rings. The minimum atomic E-state index is -1.23. The highest BCUT2D eigenvalue weighted by Crippen LogP contribution is 2.64. The molecule has 0 radical (unpaired) electrons. The molecule has 2 saturated carbocycles. The summed E-state index contributed by atoms with van der Waals surface area (Å²) in [6.45, 7) is 11.6. The lowest BCUT2D eigenvalue weighted by Gasteiger charge is -2.58. The first-order chi connectivity index (χ1) is 18.5. The summed E-state index contributed by atoms with van der Waals surface area (Å²) in [7, 11) is 0. The molecule has 5 N–H and O–H groups in total. The number of allylic oxidation sites excluding steroid dienone is 8. The molecule has 2 rings (SSSR count). The van der Waals surface area contributed by atoms with Crippen LogP contribution in [0.1, 0.15) is 85.5 Å². The molecular weight excluding hydrogens is 492 g/mol. The van der Waals surface area contributed by atoms with Crippen LogP contribution in [0.4, 0.5) is 0 Å². The summed E-state index contributed by atoms with van der Waals surface area (Å²) >= 11 is 0. The summed E-state index contributed by atoms with van der Waals surface area (Å²) in [5.74, 6) is -0.729. The van der Waals surface area contributed by atoms with Crippen LogP contribution in [0.5, 0.6) is 0 Å². The molecule has 0 saturated heterocycles. The van der Waals surface area contributed by atoms with Crippen molar-refractivity contribution in [2.75, 3.05) is 19.8 Å². The minimum Gasteiger partial charge on any atom is -0.396 e. The highest BCUT2D eigenvalue weighted by atomic mass is 16.3. The molecule has 0 aliphatic heterocycles. The van der Waals surface area contributed by atoms with Crippen molar-refractivity contribution in [2.45, 2.75) is 97.2 Å². The summed E-state index contributed by atoms with van der Waals surface area (Å²) < 4.78 is 0. The standard InChI is InChI=1S/C33H52O6/c1-23(2)10-6-11-24(3)12-7-13-27(22-37)28-16-17-33(31(28)38)29(15-9-19-35)30(25(4)21-36)26(14-8-18-34)20-32(33,5)39/h7,10,12-13,21,26,28-29,31,34-35,37-39H,3,6,8-9,11,14-20,22H2,1-2,4-5H3/b12-7-,27-13-,30-25+/t26-,28-,29-,31-,32-,33-/m1/s1. The van der Waals surface area contributed by atoms with E-state index in [0.29, 0.717) is 56.1 Å². The smallest absolute Gasteiger partial charge is 0.145 e. The normalized spacial score (nSPS) is 32.6. The average molecular weight is 545 g/mol. The van der Waals surface area contributed by atoms with Crippen LogP contribution in [0.15, 0.2) is 58.7 Å². The maximum absolute atomic E-state index is 12.0. The third-order valence-electron chi connectivity index (χ3n) is 9.17. The zero-order chi connectivity index (χ0) is 29.2. The Hall–Kier alpha value is -1.83. The Bertz CT molecular complexity index is 951. The fourth-order valence-electron chi connectivity index (χ4n) is 7.33. The van der Waals surface area contributed by atoms with Crippen LogP contribution in [-0.4, -0.2) is 63.3 Å². The summed E-state index contributed by atoms with van der Waals surface area (Å²) in [5.41, 5.74) is 2.37. The van der Waals surface area contributed by atoms with E-state index in [1.165, 1.54) is 5.57 Å². The third kappa shape index (κ3) is 7.68. The molecule has 6 atom stereocenters. The third-order valence-corrected chi connectivity index (χ3v) is 9.17. The topological polar surface area (TPSA) is 118 Å². The predicted octanol–water partition coefficient (Wildman–Crippen LogP) is 4.97. The van der Waals surface area contributed by atoms with Gasteiger partial charge in [0.2, 0.25) is 0 Å². The second-order valence-corrected chi connectivity index (χ2v) is 12.1. The number of aliphatic hydroxyl groups excluding tert-OH is 4. The number of aldehydes is 1. The predicted molar refractivity (Wildman–Crippen MR) is 157 cm³/mol. The van der Waals surface area contributed by atoms with E-state index in [-0.39, 0.29) is 37.6 Å². The monoisotopic (exact) mass is 544 g/mol. The number of carbonyl (C=O) groups is 1. The number of hydrogen-bond acceptors (Lipinski definition) is 6. The number of carbonyl (C=O) groups excluding carboxylic acids is 1. The fraction of sp³-hybridized carbons (Fsp3) is 0.667. The highest BCUT2D eigenvalue weighted by Gasteiger charge is 2.65. The van der Waals surface area contributed by atoms with Crippen molar-refractivity contribution < 1.29 is 30.3 Å². The first-order valence-corrected chi connectivity index (χ1v) is 14.6. The zero-order valence-electron chi connectivity index (χ0n) is 24.5. The van der Waals surface area contributed by atoms with Gasteiger partial charge in [0, 0.05) is 24.5 Å². The average Bonchev–Trinajstić information content (AvgIpc) is 3.23. The van der Waals surface area contributed by atoms with Crippen LogP contribution in [0.25, 0.3) is 0 Å². The van der Waals surface area contributed by atoms with Crippen LogP contribution in [0, 0.1) is 23.2 Å². The quantitative estimate of drug-likeness (QED) is 0.0912. The van der Waals surface area contributed by atoms with E-state index in [9.17, 15) is 30.3 Å². The van der Waals surface area contributed by atoms with Gasteiger partial charge in [-0.3, -0.25) is 4.79 Å². The summed E-state index contributed by atoms with van der Waals surface area (Å²) in [4.78, 5) is 12.0. The van der Waals surface area contributed by atoms with E-state index in [4.69, 9.17) is 0 Å². The highest BCUT2D eigenvalue weighted by molar-refractivity contribution is 5.74. The molecule has 2 aliphatic carbocycles. The van der Waals surface area contributed by atoms with Crippen molar-refractivity contribution >= 4 is 6.29 Å². The number of rotatable bonds is 14. The van der Waals surface area contributed by atoms with E-state index < -0.39 is 17.1 Å². The van der Waals surface area contributed by atoms with Crippen molar-refractivity contribution in [3.05, 3.63) is 58.7 Å². The van der Waals surface area contributed by atoms with E-state index in [1.807, 2.05) is 18.2 Å². The molecule has 6 heteroatoms. The summed E-state index contributed by atoms with van der Waals surface area (Å²) in [6.07, 6.45) is 13.3. The molecule has 0 heterocycles. The molecule has 220 valence electrons. The van der Waals surface area contributed by atoms with Gasteiger partial charge in [-0.2, -0.15) is 0 Å². The molecule has 2 aliphatic rings. The van der Waals surface area contributed by atoms with Crippen molar-refractivity contribution in [2.24, 2.45) is 23.2 Å². The molecule has 0 aromatic carbocycles. The Morgan fingerprint density at radius 3 is 2.36 bits per heavy atom. The lowest BCUT2D eigenvalue weighted by molar-refractivity contribution is -0.177. The van der Waals surface area contributed by atoms with Crippen LogP contribution < -0.4 is 0 Å². The summed E-state index contributed by atoms with van der Waals surface area (Å²) in [5, 5.41) is 53.5. The van der Waals surface area contributed by atoms with E-state index in [0.717, 1.165) is 30.3 Å². The van der Waals surface area contributed by atoms with Crippen LogP contribution in [-0.2, 0) is 4.79 Å². The Labute approximate surface area is 235 Å². The second-order valence-electron chi connectivity index (χ2n) is 12.1. The van der Waals surface area contributed by atoms with Crippen LogP contribution in [0.2, 0.25) is 0 Å². The molecule has 1 spiro atoms. The molecule has 0 aromatic heterocycles. The van der Waals surface area contributed by atoms with Crippen molar-refractivity contribution in [3.8, 4) is 0 Å². The minimum absolute atomic E-state index is 0.0208. The Balaban J connectivity index is 2.45. The maximum atomic E-state index is 12.0. The van der Waals surface area contributed by atoms with Crippen molar-refractivity contribution in [3.63, 3.8) is 0 Å². The van der Waals surface area contributed by atoms with Gasteiger partial charge in [0.1, 0.15) is 6.29 Å². The van der Waals surface area contributed by atoms with Crippen molar-refractivity contribution in [1.29, 1.82) is 0 Å². The van der Waals surface area contributed by atoms with Crippen LogP contribution in [0.3, 0.4) is 0 Å². The Kier molecular flexibility index (Phi) is 13.0.